The Morgan fingerprint density at radius 3 is 2.53 bits per heavy atom. The van der Waals surface area contributed by atoms with Crippen molar-refractivity contribution in [2.24, 2.45) is 5.73 Å². The Hall–Kier alpha value is -3.28. The Morgan fingerprint density at radius 1 is 1.14 bits per heavy atom. The van der Waals surface area contributed by atoms with Crippen molar-refractivity contribution in [2.45, 2.75) is 51.6 Å². The number of alkyl halides is 4. The van der Waals surface area contributed by atoms with Crippen molar-refractivity contribution in [2.75, 3.05) is 29.9 Å². The molecule has 1 saturated heterocycles. The van der Waals surface area contributed by atoms with Gasteiger partial charge in [0.1, 0.15) is 23.1 Å². The number of ether oxygens (including phenoxy) is 1. The molecule has 1 fully saturated rings. The monoisotopic (exact) mass is 510 g/mol. The molecular formula is C24H27F5N6O. The van der Waals surface area contributed by atoms with Gasteiger partial charge in [0.15, 0.2) is 12.3 Å². The molecule has 0 amide bonds. The molecule has 1 aromatic carbocycles. The SMILES string of the molecule is Cc1nc(NCc2cccc(C(F)F)c2F)c2cc(N3CCC(C)(N)CC3)c(OCC(F)F)nc2n1. The molecule has 0 bridgehead atoms. The Morgan fingerprint density at radius 2 is 1.86 bits per heavy atom. The number of nitrogens with two attached hydrogens (primary N) is 1. The Balaban J connectivity index is 1.71. The average Bonchev–Trinajstić information content (AvgIpc) is 2.81. The molecule has 36 heavy (non-hydrogen) atoms. The van der Waals surface area contributed by atoms with Gasteiger partial charge in [0.05, 0.1) is 10.9 Å². The van der Waals surface area contributed by atoms with Gasteiger partial charge in [-0.3, -0.25) is 0 Å². The fourth-order valence-corrected chi connectivity index (χ4v) is 4.09. The van der Waals surface area contributed by atoms with E-state index in [1.54, 1.807) is 13.0 Å². The third kappa shape index (κ3) is 5.75. The van der Waals surface area contributed by atoms with E-state index < -0.39 is 30.8 Å². The second kappa shape index (κ2) is 10.4. The Kier molecular flexibility index (Phi) is 7.43. The van der Waals surface area contributed by atoms with Crippen molar-refractivity contribution in [3.05, 3.63) is 47.0 Å². The molecule has 3 heterocycles. The summed E-state index contributed by atoms with van der Waals surface area (Å²) in [6.07, 6.45) is -4.28. The molecule has 0 unspecified atom stereocenters. The largest absolute Gasteiger partial charge is 0.470 e. The molecule has 194 valence electrons. The highest BCUT2D eigenvalue weighted by Crippen LogP contribution is 2.35. The van der Waals surface area contributed by atoms with Crippen LogP contribution >= 0.6 is 0 Å². The zero-order chi connectivity index (χ0) is 26.0. The smallest absolute Gasteiger partial charge is 0.272 e. The van der Waals surface area contributed by atoms with Gasteiger partial charge in [-0.05, 0) is 32.8 Å². The van der Waals surface area contributed by atoms with Crippen LogP contribution in [0, 0.1) is 12.7 Å². The molecule has 3 aromatic rings. The molecule has 0 aliphatic carbocycles. The zero-order valence-corrected chi connectivity index (χ0v) is 19.9. The Bertz CT molecular complexity index is 1230. The lowest BCUT2D eigenvalue weighted by molar-refractivity contribution is 0.0799. The van der Waals surface area contributed by atoms with Crippen molar-refractivity contribution in [3.63, 3.8) is 0 Å². The van der Waals surface area contributed by atoms with Crippen LogP contribution in [-0.2, 0) is 6.54 Å². The van der Waals surface area contributed by atoms with Crippen molar-refractivity contribution >= 4 is 22.5 Å². The first-order chi connectivity index (χ1) is 17.0. The quantitative estimate of drug-likeness (QED) is 0.413. The van der Waals surface area contributed by atoms with E-state index in [2.05, 4.69) is 20.3 Å². The van der Waals surface area contributed by atoms with Crippen molar-refractivity contribution in [1.82, 2.24) is 15.0 Å². The summed E-state index contributed by atoms with van der Waals surface area (Å²) >= 11 is 0. The third-order valence-electron chi connectivity index (χ3n) is 6.13. The number of piperidine rings is 1. The van der Waals surface area contributed by atoms with Gasteiger partial charge in [0.2, 0.25) is 5.88 Å². The second-order valence-electron chi connectivity index (χ2n) is 9.12. The van der Waals surface area contributed by atoms with Crippen molar-refractivity contribution in [1.29, 1.82) is 0 Å². The summed E-state index contributed by atoms with van der Waals surface area (Å²) in [6, 6.07) is 5.49. The van der Waals surface area contributed by atoms with Crippen LogP contribution in [0.4, 0.5) is 33.5 Å². The standard InChI is InChI=1S/C24H27F5N6O/c1-13-32-21(31-11-14-4-3-5-15(19(14)27)20(28)29)16-10-17(35-8-6-24(2,30)7-9-35)23(34-22(16)33-13)36-12-18(25)26/h3-5,10,18,20H,6-9,11-12,30H2,1-2H3,(H,31,32,33,34). The van der Waals surface area contributed by atoms with E-state index in [0.717, 1.165) is 6.07 Å². The molecule has 2 aromatic heterocycles. The van der Waals surface area contributed by atoms with E-state index in [1.807, 2.05) is 11.8 Å². The van der Waals surface area contributed by atoms with E-state index in [-0.39, 0.29) is 29.2 Å². The number of benzene rings is 1. The summed E-state index contributed by atoms with van der Waals surface area (Å²) in [5.74, 6) is -0.351. The summed E-state index contributed by atoms with van der Waals surface area (Å²) in [7, 11) is 0. The van der Waals surface area contributed by atoms with E-state index in [0.29, 0.717) is 48.6 Å². The minimum atomic E-state index is -2.94. The average molecular weight is 511 g/mol. The molecule has 0 atom stereocenters. The van der Waals surface area contributed by atoms with Crippen molar-refractivity contribution < 1.29 is 26.7 Å². The first-order valence-electron chi connectivity index (χ1n) is 11.5. The minimum Gasteiger partial charge on any atom is -0.470 e. The Labute approximate surface area is 204 Å². The van der Waals surface area contributed by atoms with Gasteiger partial charge in [-0.15, -0.1) is 0 Å². The molecule has 0 radical (unpaired) electrons. The molecule has 1 aliphatic heterocycles. The van der Waals surface area contributed by atoms with Gasteiger partial charge in [-0.25, -0.2) is 31.9 Å². The van der Waals surface area contributed by atoms with Crippen LogP contribution in [0.3, 0.4) is 0 Å². The molecule has 0 spiro atoms. The van der Waals surface area contributed by atoms with Gasteiger partial charge in [0, 0.05) is 30.7 Å². The highest BCUT2D eigenvalue weighted by molar-refractivity contribution is 5.90. The van der Waals surface area contributed by atoms with E-state index in [9.17, 15) is 22.0 Å². The molecule has 3 N–H and O–H groups in total. The number of anilines is 2. The number of rotatable bonds is 8. The maximum atomic E-state index is 14.5. The number of aromatic nitrogens is 3. The number of fused-ring (bicyclic) bond motifs is 1. The summed E-state index contributed by atoms with van der Waals surface area (Å²) in [5, 5.41) is 3.44. The van der Waals surface area contributed by atoms with Crippen LogP contribution in [0.25, 0.3) is 11.0 Å². The predicted molar refractivity (Wildman–Crippen MR) is 126 cm³/mol. The van der Waals surface area contributed by atoms with Crippen LogP contribution in [0.5, 0.6) is 5.88 Å². The first kappa shape index (κ1) is 25.8. The number of nitrogens with zero attached hydrogens (tertiary/aromatic N) is 4. The number of nitrogens with one attached hydrogen (secondary N) is 1. The number of pyridine rings is 1. The van der Waals surface area contributed by atoms with Gasteiger partial charge in [-0.2, -0.15) is 4.98 Å². The van der Waals surface area contributed by atoms with E-state index in [4.69, 9.17) is 10.5 Å². The highest BCUT2D eigenvalue weighted by Gasteiger charge is 2.29. The van der Waals surface area contributed by atoms with Crippen LogP contribution in [0.2, 0.25) is 0 Å². The number of hydrogen-bond acceptors (Lipinski definition) is 7. The van der Waals surface area contributed by atoms with Crippen LogP contribution in [0.1, 0.15) is 43.1 Å². The lowest BCUT2D eigenvalue weighted by Gasteiger charge is -2.38. The summed E-state index contributed by atoms with van der Waals surface area (Å²) in [5.41, 5.74) is 5.95. The zero-order valence-electron chi connectivity index (χ0n) is 19.9. The maximum absolute atomic E-state index is 14.5. The van der Waals surface area contributed by atoms with Crippen LogP contribution < -0.4 is 20.7 Å². The lowest BCUT2D eigenvalue weighted by Crippen LogP contribution is -2.48. The van der Waals surface area contributed by atoms with E-state index in [1.165, 1.54) is 12.1 Å². The number of aryl methyl sites for hydroxylation is 1. The fourth-order valence-electron chi connectivity index (χ4n) is 4.09. The summed E-state index contributed by atoms with van der Waals surface area (Å²) in [6.45, 7) is 3.75. The first-order valence-corrected chi connectivity index (χ1v) is 11.5. The van der Waals surface area contributed by atoms with Gasteiger partial charge in [-0.1, -0.05) is 18.2 Å². The van der Waals surface area contributed by atoms with Gasteiger partial charge in [0.25, 0.3) is 12.9 Å². The van der Waals surface area contributed by atoms with Gasteiger partial charge < -0.3 is 20.7 Å². The molecule has 4 rings (SSSR count). The second-order valence-corrected chi connectivity index (χ2v) is 9.12. The molecule has 0 saturated carbocycles. The van der Waals surface area contributed by atoms with Crippen LogP contribution in [0.15, 0.2) is 24.3 Å². The molecular weight excluding hydrogens is 483 g/mol. The third-order valence-corrected chi connectivity index (χ3v) is 6.13. The topological polar surface area (TPSA) is 89.2 Å². The van der Waals surface area contributed by atoms with E-state index >= 15 is 0 Å². The van der Waals surface area contributed by atoms with Crippen LogP contribution in [-0.4, -0.2) is 46.6 Å². The fraction of sp³-hybridized carbons (Fsp3) is 0.458. The summed E-state index contributed by atoms with van der Waals surface area (Å²) < 4.78 is 71.9. The number of halogens is 5. The number of hydrogen-bond donors (Lipinski definition) is 2. The summed E-state index contributed by atoms with van der Waals surface area (Å²) in [4.78, 5) is 15.0. The van der Waals surface area contributed by atoms with Gasteiger partial charge >= 0.3 is 0 Å². The molecule has 7 nitrogen and oxygen atoms in total. The molecule has 12 heteroatoms. The normalized spacial score (nSPS) is 15.7. The highest BCUT2D eigenvalue weighted by atomic mass is 19.3. The van der Waals surface area contributed by atoms with Crippen molar-refractivity contribution in [3.8, 4) is 5.88 Å². The lowest BCUT2D eigenvalue weighted by atomic mass is 9.91. The predicted octanol–water partition coefficient (Wildman–Crippen LogP) is 4.98. The molecule has 1 aliphatic rings. The maximum Gasteiger partial charge on any atom is 0.272 e. The minimum absolute atomic E-state index is 0.0168.